The van der Waals surface area contributed by atoms with Gasteiger partial charge in [-0.05, 0) is 30.3 Å². The summed E-state index contributed by atoms with van der Waals surface area (Å²) < 4.78 is 18.9. The van der Waals surface area contributed by atoms with Gasteiger partial charge in [0.1, 0.15) is 18.2 Å². The summed E-state index contributed by atoms with van der Waals surface area (Å²) >= 11 is 3.29. The molecule has 0 aliphatic rings. The Morgan fingerprint density at radius 2 is 2.07 bits per heavy atom. The highest BCUT2D eigenvalue weighted by atomic mass is 79.9. The second kappa shape index (κ2) is 5.78. The predicted octanol–water partition coefficient (Wildman–Crippen LogP) is 2.64. The number of rotatable bonds is 4. The van der Waals surface area contributed by atoms with E-state index in [1.54, 1.807) is 12.1 Å². The van der Waals surface area contributed by atoms with Crippen molar-refractivity contribution < 1.29 is 9.13 Å². The fourth-order valence-corrected chi connectivity index (χ4v) is 1.13. The van der Waals surface area contributed by atoms with E-state index in [4.69, 9.17) is 10.5 Å². The van der Waals surface area contributed by atoms with Crippen molar-refractivity contribution in [1.29, 1.82) is 0 Å². The number of nitrogens with two attached hydrogens (primary N) is 1. The summed E-state index contributed by atoms with van der Waals surface area (Å²) in [5.74, 6) is 0.282. The van der Waals surface area contributed by atoms with Crippen LogP contribution in [0, 0.1) is 0 Å². The van der Waals surface area contributed by atoms with Crippen LogP contribution in [0.4, 0.5) is 4.39 Å². The average Bonchev–Trinajstić information content (AvgIpc) is 2.17. The first-order chi connectivity index (χ1) is 6.72. The van der Waals surface area contributed by atoms with Crippen LogP contribution in [0.3, 0.4) is 0 Å². The van der Waals surface area contributed by atoms with Crippen LogP contribution < -0.4 is 10.5 Å². The molecule has 1 aromatic rings. The standard InChI is InChI=1S/C10H11BrFNO/c11-8-1-3-10(4-2-8)14-7-9(12)5-6-13/h1-5H,6-7,13H2/b9-5+. The van der Waals surface area contributed by atoms with E-state index in [2.05, 4.69) is 15.9 Å². The third-order valence-corrected chi connectivity index (χ3v) is 2.06. The molecule has 1 rings (SSSR count). The molecule has 0 bridgehead atoms. The largest absolute Gasteiger partial charge is 0.487 e. The molecule has 0 saturated carbocycles. The number of hydrogen-bond donors (Lipinski definition) is 1. The highest BCUT2D eigenvalue weighted by molar-refractivity contribution is 9.10. The zero-order valence-electron chi connectivity index (χ0n) is 7.54. The van der Waals surface area contributed by atoms with Crippen molar-refractivity contribution in [3.05, 3.63) is 40.6 Å². The van der Waals surface area contributed by atoms with Crippen LogP contribution in [0.25, 0.3) is 0 Å². The van der Waals surface area contributed by atoms with E-state index in [9.17, 15) is 4.39 Å². The van der Waals surface area contributed by atoms with Crippen LogP contribution >= 0.6 is 15.9 Å². The Labute approximate surface area is 90.7 Å². The first-order valence-corrected chi connectivity index (χ1v) is 4.94. The van der Waals surface area contributed by atoms with Gasteiger partial charge in [-0.3, -0.25) is 0 Å². The number of halogens is 2. The highest BCUT2D eigenvalue weighted by Crippen LogP contribution is 2.16. The molecule has 0 radical (unpaired) electrons. The monoisotopic (exact) mass is 259 g/mol. The number of hydrogen-bond acceptors (Lipinski definition) is 2. The molecule has 76 valence electrons. The van der Waals surface area contributed by atoms with E-state index >= 15 is 0 Å². The third kappa shape index (κ3) is 3.89. The van der Waals surface area contributed by atoms with Crippen molar-refractivity contribution in [2.24, 2.45) is 5.73 Å². The van der Waals surface area contributed by atoms with Crippen LogP contribution in [0.15, 0.2) is 40.6 Å². The molecule has 2 nitrogen and oxygen atoms in total. The molecular formula is C10H11BrFNO. The zero-order valence-corrected chi connectivity index (χ0v) is 9.13. The molecule has 0 unspecified atom stereocenters. The van der Waals surface area contributed by atoms with Crippen LogP contribution in [0.5, 0.6) is 5.75 Å². The SMILES string of the molecule is NC/C=C(/F)COc1ccc(Br)cc1. The topological polar surface area (TPSA) is 35.2 Å². The van der Waals surface area contributed by atoms with Gasteiger partial charge in [-0.2, -0.15) is 0 Å². The van der Waals surface area contributed by atoms with Crippen molar-refractivity contribution in [3.8, 4) is 5.75 Å². The van der Waals surface area contributed by atoms with Crippen molar-refractivity contribution in [2.45, 2.75) is 0 Å². The van der Waals surface area contributed by atoms with E-state index < -0.39 is 0 Å². The maximum Gasteiger partial charge on any atom is 0.139 e. The molecule has 4 heteroatoms. The van der Waals surface area contributed by atoms with Gasteiger partial charge in [-0.15, -0.1) is 0 Å². The summed E-state index contributed by atoms with van der Waals surface area (Å²) in [6.45, 7) is 0.119. The van der Waals surface area contributed by atoms with Crippen LogP contribution in [0.2, 0.25) is 0 Å². The Morgan fingerprint density at radius 1 is 1.43 bits per heavy atom. The van der Waals surface area contributed by atoms with Gasteiger partial charge >= 0.3 is 0 Å². The summed E-state index contributed by atoms with van der Waals surface area (Å²) in [6.07, 6.45) is 1.29. The molecule has 0 aliphatic carbocycles. The lowest BCUT2D eigenvalue weighted by Crippen LogP contribution is -2.01. The first kappa shape index (κ1) is 11.2. The molecule has 0 spiro atoms. The maximum atomic E-state index is 12.8. The minimum absolute atomic E-state index is 0.0706. The highest BCUT2D eigenvalue weighted by Gasteiger charge is 1.96. The summed E-state index contributed by atoms with van der Waals surface area (Å²) in [7, 11) is 0. The van der Waals surface area contributed by atoms with Gasteiger partial charge in [0, 0.05) is 11.0 Å². The van der Waals surface area contributed by atoms with Crippen molar-refractivity contribution in [1.82, 2.24) is 0 Å². The summed E-state index contributed by atoms with van der Waals surface area (Å²) in [6, 6.07) is 7.19. The van der Waals surface area contributed by atoms with Gasteiger partial charge in [0.05, 0.1) is 0 Å². The molecule has 14 heavy (non-hydrogen) atoms. The van der Waals surface area contributed by atoms with Crippen molar-refractivity contribution >= 4 is 15.9 Å². The smallest absolute Gasteiger partial charge is 0.139 e. The normalized spacial score (nSPS) is 11.5. The minimum atomic E-state index is -0.351. The molecule has 0 aliphatic heterocycles. The van der Waals surface area contributed by atoms with Gasteiger partial charge in [-0.25, -0.2) is 4.39 Å². The van der Waals surface area contributed by atoms with Crippen LogP contribution in [-0.4, -0.2) is 13.2 Å². The second-order valence-corrected chi connectivity index (χ2v) is 3.54. The van der Waals surface area contributed by atoms with E-state index in [1.165, 1.54) is 6.08 Å². The Morgan fingerprint density at radius 3 is 2.64 bits per heavy atom. The summed E-state index contributed by atoms with van der Waals surface area (Å²) in [4.78, 5) is 0. The van der Waals surface area contributed by atoms with E-state index in [-0.39, 0.29) is 19.0 Å². The van der Waals surface area contributed by atoms with Crippen LogP contribution in [-0.2, 0) is 0 Å². The molecule has 1 aromatic carbocycles. The quantitative estimate of drug-likeness (QED) is 0.903. The number of benzene rings is 1. The first-order valence-electron chi connectivity index (χ1n) is 4.15. The van der Waals surface area contributed by atoms with Gasteiger partial charge in [0.25, 0.3) is 0 Å². The summed E-state index contributed by atoms with van der Waals surface area (Å²) in [5, 5.41) is 0. The molecule has 0 aromatic heterocycles. The van der Waals surface area contributed by atoms with E-state index in [1.807, 2.05) is 12.1 Å². The van der Waals surface area contributed by atoms with Gasteiger partial charge in [0.15, 0.2) is 0 Å². The molecular weight excluding hydrogens is 249 g/mol. The molecule has 2 N–H and O–H groups in total. The zero-order chi connectivity index (χ0) is 10.4. The molecule has 0 atom stereocenters. The van der Waals surface area contributed by atoms with Gasteiger partial charge in [-0.1, -0.05) is 15.9 Å². The molecule has 0 saturated heterocycles. The van der Waals surface area contributed by atoms with E-state index in [0.29, 0.717) is 5.75 Å². The molecule has 0 amide bonds. The third-order valence-electron chi connectivity index (χ3n) is 1.53. The van der Waals surface area contributed by atoms with Crippen molar-refractivity contribution in [3.63, 3.8) is 0 Å². The second-order valence-electron chi connectivity index (χ2n) is 2.63. The average molecular weight is 260 g/mol. The Kier molecular flexibility index (Phi) is 4.62. The lowest BCUT2D eigenvalue weighted by Gasteiger charge is -2.03. The number of ether oxygens (including phenoxy) is 1. The van der Waals surface area contributed by atoms with Gasteiger partial charge < -0.3 is 10.5 Å². The fourth-order valence-electron chi connectivity index (χ4n) is 0.870. The Balaban J connectivity index is 2.46. The lowest BCUT2D eigenvalue weighted by atomic mass is 10.3. The summed E-state index contributed by atoms with van der Waals surface area (Å²) in [5.41, 5.74) is 5.14. The van der Waals surface area contributed by atoms with Crippen LogP contribution in [0.1, 0.15) is 0 Å². The predicted molar refractivity (Wildman–Crippen MR) is 57.9 cm³/mol. The Hall–Kier alpha value is -0.870. The fraction of sp³-hybridized carbons (Fsp3) is 0.200. The van der Waals surface area contributed by atoms with Gasteiger partial charge in [0.2, 0.25) is 0 Å². The maximum absolute atomic E-state index is 12.8. The lowest BCUT2D eigenvalue weighted by molar-refractivity contribution is 0.318. The molecule has 0 fully saturated rings. The van der Waals surface area contributed by atoms with Crippen molar-refractivity contribution in [2.75, 3.05) is 13.2 Å². The Bertz CT molecular complexity index is 310. The molecule has 0 heterocycles. The van der Waals surface area contributed by atoms with E-state index in [0.717, 1.165) is 4.47 Å². The minimum Gasteiger partial charge on any atom is -0.487 e.